The molecule has 0 heterocycles. The molecule has 4 heteroatoms. The maximum Gasteiger partial charge on any atom is 0.119 e. The molecule has 4 nitrogen and oxygen atoms in total. The molecule has 0 fully saturated rings. The first-order valence-corrected chi connectivity index (χ1v) is 5.95. The molecule has 1 rings (SSSR count). The second kappa shape index (κ2) is 7.14. The van der Waals surface area contributed by atoms with E-state index in [4.69, 9.17) is 9.84 Å². The van der Waals surface area contributed by atoms with Crippen LogP contribution in [0.3, 0.4) is 0 Å². The van der Waals surface area contributed by atoms with Crippen LogP contribution in [-0.4, -0.2) is 35.6 Å². The van der Waals surface area contributed by atoms with Crippen molar-refractivity contribution in [1.29, 1.82) is 0 Å². The first-order chi connectivity index (χ1) is 8.15. The zero-order chi connectivity index (χ0) is 12.7. The Hall–Kier alpha value is -1.26. The number of aliphatic hydroxyl groups is 2. The van der Waals surface area contributed by atoms with Gasteiger partial charge in [0.25, 0.3) is 0 Å². The summed E-state index contributed by atoms with van der Waals surface area (Å²) in [6.45, 7) is 4.21. The summed E-state index contributed by atoms with van der Waals surface area (Å²) in [6, 6.07) is 7.56. The molecule has 1 aromatic carbocycles. The van der Waals surface area contributed by atoms with E-state index in [2.05, 4.69) is 12.2 Å². The van der Waals surface area contributed by atoms with Gasteiger partial charge in [-0.05, 0) is 37.6 Å². The molecule has 0 aromatic heterocycles. The molecule has 96 valence electrons. The highest BCUT2D eigenvalue weighted by atomic mass is 16.5. The molecular weight excluding hydrogens is 218 g/mol. The minimum Gasteiger partial charge on any atom is -0.491 e. The van der Waals surface area contributed by atoms with Gasteiger partial charge in [-0.15, -0.1) is 0 Å². The third-order valence-electron chi connectivity index (χ3n) is 2.52. The molecule has 1 aromatic rings. The van der Waals surface area contributed by atoms with Crippen LogP contribution >= 0.6 is 0 Å². The molecule has 3 N–H and O–H groups in total. The molecular formula is C13H21NO3. The Morgan fingerprint density at radius 3 is 2.47 bits per heavy atom. The van der Waals surface area contributed by atoms with Crippen molar-refractivity contribution in [2.75, 3.05) is 18.5 Å². The largest absolute Gasteiger partial charge is 0.491 e. The van der Waals surface area contributed by atoms with Crippen LogP contribution in [0, 0.1) is 0 Å². The second-order valence-corrected chi connectivity index (χ2v) is 4.08. The van der Waals surface area contributed by atoms with Gasteiger partial charge >= 0.3 is 0 Å². The average molecular weight is 239 g/mol. The van der Waals surface area contributed by atoms with Gasteiger partial charge in [-0.2, -0.15) is 0 Å². The van der Waals surface area contributed by atoms with Crippen LogP contribution in [0.1, 0.15) is 20.3 Å². The van der Waals surface area contributed by atoms with Gasteiger partial charge in [0.15, 0.2) is 0 Å². The summed E-state index contributed by atoms with van der Waals surface area (Å²) >= 11 is 0. The van der Waals surface area contributed by atoms with Crippen LogP contribution in [-0.2, 0) is 0 Å². The van der Waals surface area contributed by atoms with Crippen molar-refractivity contribution in [3.05, 3.63) is 24.3 Å². The van der Waals surface area contributed by atoms with Crippen molar-refractivity contribution in [3.63, 3.8) is 0 Å². The summed E-state index contributed by atoms with van der Waals surface area (Å²) in [4.78, 5) is 0. The van der Waals surface area contributed by atoms with Crippen molar-refractivity contribution >= 4 is 5.69 Å². The molecule has 0 amide bonds. The monoisotopic (exact) mass is 239 g/mol. The number of aliphatic hydroxyl groups excluding tert-OH is 2. The lowest BCUT2D eigenvalue weighted by Gasteiger charge is -2.14. The summed E-state index contributed by atoms with van der Waals surface area (Å²) in [5.74, 6) is 0.840. The zero-order valence-electron chi connectivity index (χ0n) is 10.4. The van der Waals surface area contributed by atoms with Gasteiger partial charge in [-0.3, -0.25) is 0 Å². The van der Waals surface area contributed by atoms with Gasteiger partial charge in [0, 0.05) is 12.2 Å². The first-order valence-electron chi connectivity index (χ1n) is 5.95. The number of benzene rings is 1. The van der Waals surface area contributed by atoms with Crippen LogP contribution in [0.5, 0.6) is 5.75 Å². The van der Waals surface area contributed by atoms with E-state index < -0.39 is 6.10 Å². The summed E-state index contributed by atoms with van der Waals surface area (Å²) in [5.41, 5.74) is 0.897. The summed E-state index contributed by atoms with van der Waals surface area (Å²) in [7, 11) is 0. The fourth-order valence-electron chi connectivity index (χ4n) is 1.27. The van der Waals surface area contributed by atoms with E-state index in [1.54, 1.807) is 0 Å². The molecule has 2 unspecified atom stereocenters. The highest BCUT2D eigenvalue weighted by molar-refractivity contribution is 5.46. The summed E-state index contributed by atoms with van der Waals surface area (Å²) in [5, 5.41) is 20.9. The second-order valence-electron chi connectivity index (χ2n) is 4.08. The number of hydrogen-bond acceptors (Lipinski definition) is 4. The molecule has 0 saturated carbocycles. The van der Waals surface area contributed by atoms with E-state index in [1.165, 1.54) is 0 Å². The molecule has 0 aliphatic carbocycles. The first kappa shape index (κ1) is 13.8. The van der Waals surface area contributed by atoms with Crippen molar-refractivity contribution in [2.45, 2.75) is 32.5 Å². The normalized spacial score (nSPS) is 14.1. The standard InChI is InChI=1S/C13H21NO3/c1-3-10(2)17-13-6-4-11(5-7-13)14-8-12(16)9-15/h4-7,10,12,14-16H,3,8-9H2,1-2H3. The van der Waals surface area contributed by atoms with Crippen LogP contribution < -0.4 is 10.1 Å². The Kier molecular flexibility index (Phi) is 5.80. The zero-order valence-corrected chi connectivity index (χ0v) is 10.4. The van der Waals surface area contributed by atoms with Gasteiger partial charge in [-0.1, -0.05) is 6.92 Å². The van der Waals surface area contributed by atoms with Crippen LogP contribution in [0.25, 0.3) is 0 Å². The summed E-state index contributed by atoms with van der Waals surface area (Å²) in [6.07, 6.45) is 0.457. The third kappa shape index (κ3) is 5.06. The molecule has 17 heavy (non-hydrogen) atoms. The number of anilines is 1. The number of hydrogen-bond donors (Lipinski definition) is 3. The Bertz CT molecular complexity index is 313. The predicted octanol–water partition coefficient (Wildman–Crippen LogP) is 1.63. The minimum atomic E-state index is -0.731. The van der Waals surface area contributed by atoms with Gasteiger partial charge in [0.05, 0.1) is 18.8 Å². The van der Waals surface area contributed by atoms with E-state index in [-0.39, 0.29) is 12.7 Å². The van der Waals surface area contributed by atoms with Crippen molar-refractivity contribution in [3.8, 4) is 5.75 Å². The van der Waals surface area contributed by atoms with Crippen molar-refractivity contribution in [1.82, 2.24) is 0 Å². The topological polar surface area (TPSA) is 61.7 Å². The lowest BCUT2D eigenvalue weighted by molar-refractivity contribution is 0.105. The SMILES string of the molecule is CCC(C)Oc1ccc(NCC(O)CO)cc1. The number of ether oxygens (including phenoxy) is 1. The van der Waals surface area contributed by atoms with Gasteiger partial charge < -0.3 is 20.3 Å². The molecule has 0 saturated heterocycles. The van der Waals surface area contributed by atoms with E-state index in [0.717, 1.165) is 17.9 Å². The molecule has 0 bridgehead atoms. The van der Waals surface area contributed by atoms with E-state index in [1.807, 2.05) is 31.2 Å². The van der Waals surface area contributed by atoms with Crippen LogP contribution in [0.2, 0.25) is 0 Å². The molecule has 2 atom stereocenters. The number of nitrogens with one attached hydrogen (secondary N) is 1. The Morgan fingerprint density at radius 2 is 1.94 bits per heavy atom. The van der Waals surface area contributed by atoms with Crippen molar-refractivity contribution < 1.29 is 14.9 Å². The van der Waals surface area contributed by atoms with Gasteiger partial charge in [0.1, 0.15) is 5.75 Å². The van der Waals surface area contributed by atoms with Crippen molar-refractivity contribution in [2.24, 2.45) is 0 Å². The Labute approximate surface area is 102 Å². The Balaban J connectivity index is 2.44. The molecule has 0 aliphatic rings. The molecule has 0 spiro atoms. The fraction of sp³-hybridized carbons (Fsp3) is 0.538. The lowest BCUT2D eigenvalue weighted by Crippen LogP contribution is -2.22. The quantitative estimate of drug-likeness (QED) is 0.677. The number of rotatable bonds is 7. The van der Waals surface area contributed by atoms with E-state index in [0.29, 0.717) is 6.54 Å². The van der Waals surface area contributed by atoms with Crippen LogP contribution in [0.15, 0.2) is 24.3 Å². The minimum absolute atomic E-state index is 0.213. The average Bonchev–Trinajstić information content (AvgIpc) is 2.37. The van der Waals surface area contributed by atoms with E-state index in [9.17, 15) is 5.11 Å². The molecule has 0 radical (unpaired) electrons. The Morgan fingerprint density at radius 1 is 1.29 bits per heavy atom. The highest BCUT2D eigenvalue weighted by Crippen LogP contribution is 2.17. The maximum absolute atomic E-state index is 9.19. The maximum atomic E-state index is 9.19. The van der Waals surface area contributed by atoms with Gasteiger partial charge in [-0.25, -0.2) is 0 Å². The molecule has 0 aliphatic heterocycles. The lowest BCUT2D eigenvalue weighted by atomic mass is 10.2. The van der Waals surface area contributed by atoms with Gasteiger partial charge in [0.2, 0.25) is 0 Å². The van der Waals surface area contributed by atoms with Crippen LogP contribution in [0.4, 0.5) is 5.69 Å². The van der Waals surface area contributed by atoms with E-state index >= 15 is 0 Å². The summed E-state index contributed by atoms with van der Waals surface area (Å²) < 4.78 is 5.65. The predicted molar refractivity (Wildman–Crippen MR) is 68.4 cm³/mol. The third-order valence-corrected chi connectivity index (χ3v) is 2.52. The fourth-order valence-corrected chi connectivity index (χ4v) is 1.27. The highest BCUT2D eigenvalue weighted by Gasteiger charge is 2.03. The smallest absolute Gasteiger partial charge is 0.119 e.